The van der Waals surface area contributed by atoms with Crippen LogP contribution < -0.4 is 10.2 Å². The molecule has 0 bridgehead atoms. The number of fused-ring (bicyclic) bond motifs is 1. The minimum atomic E-state index is -0.417. The summed E-state index contributed by atoms with van der Waals surface area (Å²) in [6.45, 7) is 0.308. The maximum absolute atomic E-state index is 12.4. The van der Waals surface area contributed by atoms with Gasteiger partial charge >= 0.3 is 0 Å². The number of benzene rings is 1. The number of nitrogens with one attached hydrogen (secondary N) is 1. The van der Waals surface area contributed by atoms with Crippen molar-refractivity contribution < 1.29 is 18.8 Å². The van der Waals surface area contributed by atoms with E-state index < -0.39 is 11.8 Å². The molecule has 0 spiro atoms. The third kappa shape index (κ3) is 3.49. The maximum atomic E-state index is 12.4. The molecule has 1 N–H and O–H groups in total. The fourth-order valence-electron chi connectivity index (χ4n) is 2.49. The number of nitrogens with zero attached hydrogens (tertiary/aromatic N) is 3. The zero-order chi connectivity index (χ0) is 18.8. The third-order valence-corrected chi connectivity index (χ3v) is 5.79. The molecule has 0 radical (unpaired) electrons. The SMILES string of the molecule is O=C(CSc1nnc(N2C(=O)c3ccccc3C2=O)s1)NCc1ccco1. The van der Waals surface area contributed by atoms with Gasteiger partial charge in [0.2, 0.25) is 11.0 Å². The number of furan rings is 1. The van der Waals surface area contributed by atoms with Crippen LogP contribution >= 0.6 is 23.1 Å². The van der Waals surface area contributed by atoms with Crippen molar-refractivity contribution in [3.63, 3.8) is 0 Å². The van der Waals surface area contributed by atoms with Gasteiger partial charge in [-0.1, -0.05) is 35.2 Å². The second-order valence-electron chi connectivity index (χ2n) is 5.49. The molecule has 0 saturated carbocycles. The highest BCUT2D eigenvalue weighted by atomic mass is 32.2. The third-order valence-electron chi connectivity index (χ3n) is 3.75. The lowest BCUT2D eigenvalue weighted by molar-refractivity contribution is -0.118. The van der Waals surface area contributed by atoms with Crippen molar-refractivity contribution in [2.45, 2.75) is 10.9 Å². The van der Waals surface area contributed by atoms with Gasteiger partial charge in [0.15, 0.2) is 4.34 Å². The predicted octanol–water partition coefficient (Wildman–Crippen LogP) is 2.34. The van der Waals surface area contributed by atoms with Crippen molar-refractivity contribution in [1.82, 2.24) is 15.5 Å². The largest absolute Gasteiger partial charge is 0.467 e. The summed E-state index contributed by atoms with van der Waals surface area (Å²) in [5, 5.41) is 10.8. The summed E-state index contributed by atoms with van der Waals surface area (Å²) in [5.41, 5.74) is 0.702. The molecule has 3 amide bonds. The highest BCUT2D eigenvalue weighted by Crippen LogP contribution is 2.33. The molecule has 2 aromatic heterocycles. The number of thioether (sulfide) groups is 1. The standard InChI is InChI=1S/C17H12N4O4S2/c22-13(18-8-10-4-3-7-25-10)9-26-17-20-19-16(27-17)21-14(23)11-5-1-2-6-12(11)15(21)24/h1-7H,8-9H2,(H,18,22). The maximum Gasteiger partial charge on any atom is 0.268 e. The number of anilines is 1. The quantitative estimate of drug-likeness (QED) is 0.385. The summed E-state index contributed by atoms with van der Waals surface area (Å²) in [6, 6.07) is 10.1. The van der Waals surface area contributed by atoms with Crippen molar-refractivity contribution in [2.24, 2.45) is 0 Å². The van der Waals surface area contributed by atoms with E-state index in [4.69, 9.17) is 4.42 Å². The first-order valence-electron chi connectivity index (χ1n) is 7.86. The summed E-state index contributed by atoms with van der Waals surface area (Å²) in [7, 11) is 0. The number of amides is 3. The average molecular weight is 400 g/mol. The molecule has 0 atom stereocenters. The molecular weight excluding hydrogens is 388 g/mol. The first kappa shape index (κ1) is 17.4. The molecular formula is C17H12N4O4S2. The fraction of sp³-hybridized carbons (Fsp3) is 0.118. The van der Waals surface area contributed by atoms with Crippen molar-refractivity contribution >= 4 is 46.0 Å². The molecule has 136 valence electrons. The molecule has 0 saturated heterocycles. The summed E-state index contributed by atoms with van der Waals surface area (Å²) in [5.74, 6) is -0.220. The van der Waals surface area contributed by atoms with E-state index in [1.807, 2.05) is 0 Å². The van der Waals surface area contributed by atoms with Crippen LogP contribution in [0.5, 0.6) is 0 Å². The zero-order valence-corrected chi connectivity index (χ0v) is 15.4. The minimum absolute atomic E-state index is 0.136. The summed E-state index contributed by atoms with van der Waals surface area (Å²) < 4.78 is 5.64. The Labute approximate surface area is 161 Å². The van der Waals surface area contributed by atoms with Gasteiger partial charge in [-0.2, -0.15) is 0 Å². The number of imide groups is 1. The van der Waals surface area contributed by atoms with Crippen LogP contribution in [0.25, 0.3) is 0 Å². The van der Waals surface area contributed by atoms with E-state index in [1.165, 1.54) is 18.0 Å². The molecule has 0 fully saturated rings. The molecule has 27 heavy (non-hydrogen) atoms. The number of rotatable bonds is 6. The van der Waals surface area contributed by atoms with Crippen molar-refractivity contribution in [3.8, 4) is 0 Å². The first-order chi connectivity index (χ1) is 13.1. The van der Waals surface area contributed by atoms with Gasteiger partial charge in [0, 0.05) is 0 Å². The Morgan fingerprint density at radius 1 is 1.11 bits per heavy atom. The normalized spacial score (nSPS) is 13.1. The molecule has 1 aliphatic rings. The van der Waals surface area contributed by atoms with Gasteiger partial charge in [0.1, 0.15) is 5.76 Å². The van der Waals surface area contributed by atoms with Crippen LogP contribution in [0.4, 0.5) is 5.13 Å². The second-order valence-corrected chi connectivity index (χ2v) is 7.67. The molecule has 3 aromatic rings. The summed E-state index contributed by atoms with van der Waals surface area (Å²) >= 11 is 2.28. The topological polar surface area (TPSA) is 105 Å². The van der Waals surface area contributed by atoms with Crippen LogP contribution in [0.2, 0.25) is 0 Å². The van der Waals surface area contributed by atoms with Gasteiger partial charge in [-0.3, -0.25) is 14.4 Å². The van der Waals surface area contributed by atoms with Gasteiger partial charge in [-0.05, 0) is 24.3 Å². The number of hydrogen-bond acceptors (Lipinski definition) is 8. The average Bonchev–Trinajstić information content (AvgIpc) is 3.40. The Kier molecular flexibility index (Phi) is 4.73. The van der Waals surface area contributed by atoms with Gasteiger partial charge in [-0.15, -0.1) is 10.2 Å². The van der Waals surface area contributed by atoms with Crippen LogP contribution in [0.3, 0.4) is 0 Å². The molecule has 8 nitrogen and oxygen atoms in total. The molecule has 1 aromatic carbocycles. The molecule has 10 heteroatoms. The Balaban J connectivity index is 1.37. The van der Waals surface area contributed by atoms with E-state index >= 15 is 0 Å². The Morgan fingerprint density at radius 3 is 2.52 bits per heavy atom. The number of carbonyl (C=O) groups is 3. The molecule has 0 aliphatic carbocycles. The number of carbonyl (C=O) groups excluding carboxylic acids is 3. The molecule has 4 rings (SSSR count). The van der Waals surface area contributed by atoms with E-state index in [9.17, 15) is 14.4 Å². The molecule has 1 aliphatic heterocycles. The second kappa shape index (κ2) is 7.33. The van der Waals surface area contributed by atoms with E-state index in [-0.39, 0.29) is 16.8 Å². The fourth-order valence-corrected chi connectivity index (χ4v) is 4.16. The Hall–Kier alpha value is -2.98. The minimum Gasteiger partial charge on any atom is -0.467 e. The van der Waals surface area contributed by atoms with Crippen LogP contribution in [0.15, 0.2) is 51.4 Å². The first-order valence-corrected chi connectivity index (χ1v) is 9.67. The van der Waals surface area contributed by atoms with Gasteiger partial charge in [-0.25, -0.2) is 4.90 Å². The summed E-state index contributed by atoms with van der Waals surface area (Å²) in [6.07, 6.45) is 1.54. The monoisotopic (exact) mass is 400 g/mol. The van der Waals surface area contributed by atoms with Gasteiger partial charge in [0.25, 0.3) is 11.8 Å². The zero-order valence-electron chi connectivity index (χ0n) is 13.7. The van der Waals surface area contributed by atoms with Crippen molar-refractivity contribution in [2.75, 3.05) is 10.7 Å². The molecule has 0 unspecified atom stereocenters. The van der Waals surface area contributed by atoms with Crippen molar-refractivity contribution in [3.05, 3.63) is 59.5 Å². The highest BCUT2D eigenvalue weighted by Gasteiger charge is 2.38. The van der Waals surface area contributed by atoms with E-state index in [2.05, 4.69) is 15.5 Å². The van der Waals surface area contributed by atoms with Crippen molar-refractivity contribution in [1.29, 1.82) is 0 Å². The smallest absolute Gasteiger partial charge is 0.268 e. The van der Waals surface area contributed by atoms with E-state index in [0.717, 1.165) is 16.2 Å². The van der Waals surface area contributed by atoms with E-state index in [1.54, 1.807) is 36.4 Å². The highest BCUT2D eigenvalue weighted by molar-refractivity contribution is 8.01. The lowest BCUT2D eigenvalue weighted by Gasteiger charge is -2.07. The number of aromatic nitrogens is 2. The van der Waals surface area contributed by atoms with E-state index in [0.29, 0.717) is 27.8 Å². The summed E-state index contributed by atoms with van der Waals surface area (Å²) in [4.78, 5) is 37.8. The lowest BCUT2D eigenvalue weighted by Crippen LogP contribution is -2.29. The van der Waals surface area contributed by atoms with Gasteiger partial charge < -0.3 is 9.73 Å². The Morgan fingerprint density at radius 2 is 1.85 bits per heavy atom. The van der Waals surface area contributed by atoms with Crippen LogP contribution in [-0.2, 0) is 11.3 Å². The lowest BCUT2D eigenvalue weighted by atomic mass is 10.1. The van der Waals surface area contributed by atoms with Gasteiger partial charge in [0.05, 0.1) is 29.7 Å². The molecule has 3 heterocycles. The van der Waals surface area contributed by atoms with Crippen LogP contribution in [0.1, 0.15) is 26.5 Å². The van der Waals surface area contributed by atoms with Crippen LogP contribution in [0, 0.1) is 0 Å². The number of hydrogen-bond donors (Lipinski definition) is 1. The predicted molar refractivity (Wildman–Crippen MR) is 98.8 cm³/mol. The van der Waals surface area contributed by atoms with Crippen LogP contribution in [-0.4, -0.2) is 33.7 Å². The Bertz CT molecular complexity index is 981.